The van der Waals surface area contributed by atoms with E-state index in [1.54, 1.807) is 17.2 Å². The van der Waals surface area contributed by atoms with Crippen molar-refractivity contribution in [1.82, 2.24) is 24.5 Å². The molecule has 7 nitrogen and oxygen atoms in total. The van der Waals surface area contributed by atoms with Gasteiger partial charge < -0.3 is 9.80 Å². The Bertz CT molecular complexity index is 662. The van der Waals surface area contributed by atoms with Gasteiger partial charge in [0.2, 0.25) is 11.8 Å². The van der Waals surface area contributed by atoms with Gasteiger partial charge >= 0.3 is 0 Å². The third-order valence-corrected chi connectivity index (χ3v) is 5.26. The zero-order chi connectivity index (χ0) is 18.5. The Labute approximate surface area is 159 Å². The number of aromatic nitrogens is 2. The first-order valence-corrected chi connectivity index (χ1v) is 9.52. The van der Waals surface area contributed by atoms with E-state index in [0.717, 1.165) is 39.1 Å². The quantitative estimate of drug-likeness (QED) is 0.694. The lowest BCUT2D eigenvalue weighted by atomic mass is 10.1. The zero-order valence-corrected chi connectivity index (χ0v) is 15.8. The molecule has 3 rings (SSSR count). The maximum absolute atomic E-state index is 12.8. The number of carbonyl (C=O) groups excluding carboxylic acids is 2. The summed E-state index contributed by atoms with van der Waals surface area (Å²) < 4.78 is 1.84. The van der Waals surface area contributed by atoms with Crippen LogP contribution in [0.1, 0.15) is 12.8 Å². The van der Waals surface area contributed by atoms with Gasteiger partial charge in [0.25, 0.3) is 0 Å². The fourth-order valence-corrected chi connectivity index (χ4v) is 3.80. The maximum atomic E-state index is 12.8. The van der Waals surface area contributed by atoms with E-state index in [9.17, 15) is 9.59 Å². The molecule has 3 heterocycles. The molecule has 2 fully saturated rings. The molecular formula is C18H26ClN5O2. The van der Waals surface area contributed by atoms with E-state index in [1.165, 1.54) is 0 Å². The van der Waals surface area contributed by atoms with Crippen LogP contribution in [0.4, 0.5) is 0 Å². The molecule has 2 saturated heterocycles. The van der Waals surface area contributed by atoms with Crippen LogP contribution in [-0.2, 0) is 16.1 Å². The molecule has 1 aromatic heterocycles. The van der Waals surface area contributed by atoms with Crippen molar-refractivity contribution in [2.75, 3.05) is 45.8 Å². The number of hydrogen-bond acceptors (Lipinski definition) is 4. The minimum absolute atomic E-state index is 0.0533. The summed E-state index contributed by atoms with van der Waals surface area (Å²) in [5.74, 6) is -0.0385. The molecule has 2 amide bonds. The molecule has 0 spiro atoms. The van der Waals surface area contributed by atoms with Crippen molar-refractivity contribution in [3.8, 4) is 0 Å². The van der Waals surface area contributed by atoms with Crippen molar-refractivity contribution in [2.24, 2.45) is 5.92 Å². The van der Waals surface area contributed by atoms with Gasteiger partial charge in [0, 0.05) is 51.9 Å². The lowest BCUT2D eigenvalue weighted by molar-refractivity contribution is -0.135. The van der Waals surface area contributed by atoms with Crippen LogP contribution in [-0.4, -0.2) is 82.1 Å². The highest BCUT2D eigenvalue weighted by molar-refractivity contribution is 6.30. The molecule has 0 radical (unpaired) electrons. The summed E-state index contributed by atoms with van der Waals surface area (Å²) in [4.78, 5) is 30.8. The van der Waals surface area contributed by atoms with Crippen LogP contribution in [0.5, 0.6) is 0 Å². The highest BCUT2D eigenvalue weighted by Crippen LogP contribution is 2.21. The Morgan fingerprint density at radius 1 is 1.31 bits per heavy atom. The minimum Gasteiger partial charge on any atom is -0.341 e. The lowest BCUT2D eigenvalue weighted by Crippen LogP contribution is -2.40. The van der Waals surface area contributed by atoms with E-state index in [2.05, 4.69) is 16.6 Å². The smallest absolute Gasteiger partial charge is 0.228 e. The molecule has 0 aromatic carbocycles. The van der Waals surface area contributed by atoms with Crippen LogP contribution < -0.4 is 0 Å². The van der Waals surface area contributed by atoms with Crippen molar-refractivity contribution in [3.63, 3.8) is 0 Å². The molecule has 0 saturated carbocycles. The largest absolute Gasteiger partial charge is 0.341 e. The molecule has 1 atom stereocenters. The van der Waals surface area contributed by atoms with Crippen molar-refractivity contribution in [3.05, 3.63) is 30.1 Å². The van der Waals surface area contributed by atoms with Gasteiger partial charge in [-0.1, -0.05) is 17.7 Å². The summed E-state index contributed by atoms with van der Waals surface area (Å²) in [6.07, 6.45) is 6.45. The lowest BCUT2D eigenvalue weighted by Gasteiger charge is -2.24. The number of rotatable bonds is 6. The second-order valence-electron chi connectivity index (χ2n) is 6.93. The van der Waals surface area contributed by atoms with Gasteiger partial charge in [-0.3, -0.25) is 19.2 Å². The van der Waals surface area contributed by atoms with E-state index in [-0.39, 0.29) is 17.7 Å². The second-order valence-corrected chi connectivity index (χ2v) is 7.37. The van der Waals surface area contributed by atoms with Gasteiger partial charge in [-0.05, 0) is 13.0 Å². The molecule has 8 heteroatoms. The summed E-state index contributed by atoms with van der Waals surface area (Å²) in [5.41, 5.74) is 0. The van der Waals surface area contributed by atoms with E-state index in [0.29, 0.717) is 31.1 Å². The summed E-state index contributed by atoms with van der Waals surface area (Å²) in [6.45, 7) is 9.66. The van der Waals surface area contributed by atoms with Crippen molar-refractivity contribution in [2.45, 2.75) is 19.4 Å². The number of likely N-dealkylation sites (tertiary alicyclic amines) is 1. The Morgan fingerprint density at radius 2 is 2.15 bits per heavy atom. The Balaban J connectivity index is 1.48. The van der Waals surface area contributed by atoms with Gasteiger partial charge in [-0.25, -0.2) is 0 Å². The van der Waals surface area contributed by atoms with Gasteiger partial charge in [-0.15, -0.1) is 6.58 Å². The SMILES string of the molecule is C=CCN1CC(C(=O)N2CCCN(CCn3cc(Cl)cn3)CC2)CC1=O. The van der Waals surface area contributed by atoms with Crippen LogP contribution in [0.15, 0.2) is 25.0 Å². The third-order valence-electron chi connectivity index (χ3n) is 5.06. The number of carbonyl (C=O) groups is 2. The Kier molecular flexibility index (Phi) is 6.32. The summed E-state index contributed by atoms with van der Waals surface area (Å²) in [6, 6.07) is 0. The van der Waals surface area contributed by atoms with E-state index < -0.39 is 0 Å². The van der Waals surface area contributed by atoms with Crippen LogP contribution >= 0.6 is 11.6 Å². The summed E-state index contributed by atoms with van der Waals surface area (Å²) in [5, 5.41) is 4.85. The van der Waals surface area contributed by atoms with Crippen LogP contribution in [0, 0.1) is 5.92 Å². The van der Waals surface area contributed by atoms with Crippen molar-refractivity contribution in [1.29, 1.82) is 0 Å². The molecule has 0 bridgehead atoms. The summed E-state index contributed by atoms with van der Waals surface area (Å²) >= 11 is 5.89. The molecule has 0 aliphatic carbocycles. The molecule has 2 aliphatic rings. The molecule has 1 aromatic rings. The highest BCUT2D eigenvalue weighted by Gasteiger charge is 2.36. The van der Waals surface area contributed by atoms with E-state index in [4.69, 9.17) is 11.6 Å². The number of amides is 2. The van der Waals surface area contributed by atoms with Gasteiger partial charge in [0.15, 0.2) is 0 Å². The first kappa shape index (κ1) is 18.9. The third kappa shape index (κ3) is 4.65. The number of nitrogens with zero attached hydrogens (tertiary/aromatic N) is 5. The average molecular weight is 380 g/mol. The van der Waals surface area contributed by atoms with Gasteiger partial charge in [0.05, 0.1) is 23.7 Å². The fraction of sp³-hybridized carbons (Fsp3) is 0.611. The normalized spacial score (nSPS) is 21.9. The zero-order valence-electron chi connectivity index (χ0n) is 15.0. The summed E-state index contributed by atoms with van der Waals surface area (Å²) in [7, 11) is 0. The first-order valence-electron chi connectivity index (χ1n) is 9.14. The molecule has 0 N–H and O–H groups in total. The van der Waals surface area contributed by atoms with Crippen molar-refractivity contribution < 1.29 is 9.59 Å². The first-order chi connectivity index (χ1) is 12.6. The Morgan fingerprint density at radius 3 is 2.88 bits per heavy atom. The standard InChI is InChI=1S/C18H26ClN5O2/c1-2-4-23-13-15(11-17(23)25)18(26)22-6-3-5-21(7-9-22)8-10-24-14-16(19)12-20-24/h2,12,14-15H,1,3-11,13H2. The van der Waals surface area contributed by atoms with Crippen LogP contribution in [0.3, 0.4) is 0 Å². The molecule has 2 aliphatic heterocycles. The highest BCUT2D eigenvalue weighted by atomic mass is 35.5. The van der Waals surface area contributed by atoms with E-state index in [1.807, 2.05) is 15.8 Å². The Hall–Kier alpha value is -1.86. The average Bonchev–Trinajstić information content (AvgIpc) is 3.11. The molecule has 1 unspecified atom stereocenters. The molecule has 142 valence electrons. The fourth-order valence-electron chi connectivity index (χ4n) is 3.65. The van der Waals surface area contributed by atoms with Crippen LogP contribution in [0.2, 0.25) is 5.02 Å². The predicted octanol–water partition coefficient (Wildman–Crippen LogP) is 1.11. The van der Waals surface area contributed by atoms with E-state index >= 15 is 0 Å². The minimum atomic E-state index is -0.208. The maximum Gasteiger partial charge on any atom is 0.228 e. The monoisotopic (exact) mass is 379 g/mol. The van der Waals surface area contributed by atoms with Crippen molar-refractivity contribution >= 4 is 23.4 Å². The predicted molar refractivity (Wildman–Crippen MR) is 99.8 cm³/mol. The number of hydrogen-bond donors (Lipinski definition) is 0. The topological polar surface area (TPSA) is 61.7 Å². The van der Waals surface area contributed by atoms with Gasteiger partial charge in [-0.2, -0.15) is 5.10 Å². The second kappa shape index (κ2) is 8.68. The molecule has 26 heavy (non-hydrogen) atoms. The van der Waals surface area contributed by atoms with Gasteiger partial charge in [0.1, 0.15) is 0 Å². The number of halogens is 1. The van der Waals surface area contributed by atoms with Crippen LogP contribution in [0.25, 0.3) is 0 Å². The molecular weight excluding hydrogens is 354 g/mol.